The van der Waals surface area contributed by atoms with Crippen LogP contribution in [0, 0.1) is 13.8 Å². The molecule has 1 N–H and O–H groups in total. The third-order valence-electron chi connectivity index (χ3n) is 4.19. The van der Waals surface area contributed by atoms with Crippen molar-refractivity contribution in [2.45, 2.75) is 39.8 Å². The van der Waals surface area contributed by atoms with Crippen LogP contribution in [-0.4, -0.2) is 26.9 Å². The van der Waals surface area contributed by atoms with Crippen LogP contribution in [0.2, 0.25) is 0 Å². The molecule has 0 unspecified atom stereocenters. The van der Waals surface area contributed by atoms with E-state index in [1.165, 1.54) is 11.1 Å². The van der Waals surface area contributed by atoms with Crippen molar-refractivity contribution >= 4 is 16.9 Å². The molecule has 3 rings (SSSR count). The second-order valence-electron chi connectivity index (χ2n) is 6.33. The first-order valence-electron chi connectivity index (χ1n) is 8.16. The predicted molar refractivity (Wildman–Crippen MR) is 94.8 cm³/mol. The minimum atomic E-state index is -0.0206. The Bertz CT molecular complexity index is 854. The van der Waals surface area contributed by atoms with Gasteiger partial charge in [0.25, 0.3) is 0 Å². The summed E-state index contributed by atoms with van der Waals surface area (Å²) in [6.07, 6.45) is 0.390. The monoisotopic (exact) mass is 322 g/mol. The smallest absolute Gasteiger partial charge is 0.224 e. The van der Waals surface area contributed by atoms with Crippen molar-refractivity contribution in [3.63, 3.8) is 0 Å². The summed E-state index contributed by atoms with van der Waals surface area (Å²) in [4.78, 5) is 12.2. The van der Waals surface area contributed by atoms with Crippen LogP contribution in [0.3, 0.4) is 0 Å². The SMILES string of the molecule is Cc1cc2nnn(C[C@@H](C)NC(=O)Cc3ccccc3)c2cc1C. The van der Waals surface area contributed by atoms with E-state index < -0.39 is 0 Å². The van der Waals surface area contributed by atoms with Gasteiger partial charge >= 0.3 is 0 Å². The Balaban J connectivity index is 1.65. The normalized spacial score (nSPS) is 12.3. The van der Waals surface area contributed by atoms with E-state index in [4.69, 9.17) is 0 Å². The van der Waals surface area contributed by atoms with Crippen LogP contribution in [0.25, 0.3) is 11.0 Å². The minimum Gasteiger partial charge on any atom is -0.351 e. The molecule has 1 amide bonds. The van der Waals surface area contributed by atoms with Gasteiger partial charge in [-0.2, -0.15) is 0 Å². The summed E-state index contributed by atoms with van der Waals surface area (Å²) in [5, 5.41) is 11.5. The second-order valence-corrected chi connectivity index (χ2v) is 6.33. The molecule has 124 valence electrons. The highest BCUT2D eigenvalue weighted by atomic mass is 16.1. The molecule has 1 aromatic heterocycles. The molecule has 0 spiro atoms. The predicted octanol–water partition coefficient (Wildman–Crippen LogP) is 2.80. The number of aryl methyl sites for hydroxylation is 2. The van der Waals surface area contributed by atoms with E-state index in [0.29, 0.717) is 13.0 Å². The van der Waals surface area contributed by atoms with Gasteiger partial charge in [0.1, 0.15) is 5.52 Å². The van der Waals surface area contributed by atoms with Gasteiger partial charge in [0.15, 0.2) is 0 Å². The molecule has 2 aromatic carbocycles. The number of amides is 1. The Morgan fingerprint density at radius 2 is 1.88 bits per heavy atom. The number of hydrogen-bond acceptors (Lipinski definition) is 3. The fourth-order valence-corrected chi connectivity index (χ4v) is 2.77. The molecule has 0 radical (unpaired) electrons. The zero-order chi connectivity index (χ0) is 17.1. The molecule has 0 aliphatic heterocycles. The third kappa shape index (κ3) is 3.62. The van der Waals surface area contributed by atoms with Crippen LogP contribution in [0.1, 0.15) is 23.6 Å². The van der Waals surface area contributed by atoms with Crippen LogP contribution in [0.5, 0.6) is 0 Å². The van der Waals surface area contributed by atoms with Gasteiger partial charge in [-0.05, 0) is 49.6 Å². The maximum atomic E-state index is 12.2. The zero-order valence-electron chi connectivity index (χ0n) is 14.3. The van der Waals surface area contributed by atoms with Gasteiger partial charge < -0.3 is 5.32 Å². The van der Waals surface area contributed by atoms with Crippen molar-refractivity contribution in [2.24, 2.45) is 0 Å². The quantitative estimate of drug-likeness (QED) is 0.786. The van der Waals surface area contributed by atoms with Gasteiger partial charge in [0.05, 0.1) is 18.5 Å². The Morgan fingerprint density at radius 1 is 1.17 bits per heavy atom. The van der Waals surface area contributed by atoms with Crippen molar-refractivity contribution in [3.05, 3.63) is 59.2 Å². The number of carbonyl (C=O) groups excluding carboxylic acids is 1. The van der Waals surface area contributed by atoms with Crippen LogP contribution in [0.4, 0.5) is 0 Å². The van der Waals surface area contributed by atoms with E-state index in [-0.39, 0.29) is 11.9 Å². The van der Waals surface area contributed by atoms with Crippen molar-refractivity contribution < 1.29 is 4.79 Å². The van der Waals surface area contributed by atoms with E-state index in [1.807, 2.05) is 48.0 Å². The maximum absolute atomic E-state index is 12.2. The number of hydrogen-bond donors (Lipinski definition) is 1. The van der Waals surface area contributed by atoms with Gasteiger partial charge in [-0.1, -0.05) is 35.5 Å². The van der Waals surface area contributed by atoms with E-state index in [9.17, 15) is 4.79 Å². The first-order valence-corrected chi connectivity index (χ1v) is 8.16. The number of fused-ring (bicyclic) bond motifs is 1. The summed E-state index contributed by atoms with van der Waals surface area (Å²) in [5.74, 6) is 0.0187. The Hall–Kier alpha value is -2.69. The molecule has 0 saturated carbocycles. The molecule has 3 aromatic rings. The van der Waals surface area contributed by atoms with Crippen LogP contribution in [0.15, 0.2) is 42.5 Å². The molecule has 0 aliphatic carbocycles. The third-order valence-corrected chi connectivity index (χ3v) is 4.19. The molecule has 1 atom stereocenters. The Kier molecular flexibility index (Phi) is 4.60. The minimum absolute atomic E-state index is 0.0187. The standard InChI is InChI=1S/C19H22N4O/c1-13-9-17-18(10-14(13)2)23(22-21-17)12-15(3)20-19(24)11-16-7-5-4-6-8-16/h4-10,15H,11-12H2,1-3H3,(H,20,24)/t15-/m1/s1. The highest BCUT2D eigenvalue weighted by Gasteiger charge is 2.12. The molecule has 5 heteroatoms. The molecule has 24 heavy (non-hydrogen) atoms. The van der Waals surface area contributed by atoms with Gasteiger partial charge in [0, 0.05) is 6.04 Å². The van der Waals surface area contributed by atoms with E-state index in [1.54, 1.807) is 0 Å². The molecular weight excluding hydrogens is 300 g/mol. The topological polar surface area (TPSA) is 59.8 Å². The Labute approximate surface area is 141 Å². The first-order chi connectivity index (χ1) is 11.5. The lowest BCUT2D eigenvalue weighted by atomic mass is 10.1. The summed E-state index contributed by atoms with van der Waals surface area (Å²) in [7, 11) is 0. The lowest BCUT2D eigenvalue weighted by Crippen LogP contribution is -2.36. The van der Waals surface area contributed by atoms with Crippen molar-refractivity contribution in [1.82, 2.24) is 20.3 Å². The number of aromatic nitrogens is 3. The number of nitrogens with one attached hydrogen (secondary N) is 1. The summed E-state index contributed by atoms with van der Waals surface area (Å²) in [6.45, 7) is 6.73. The number of benzene rings is 2. The highest BCUT2D eigenvalue weighted by molar-refractivity contribution is 5.79. The van der Waals surface area contributed by atoms with E-state index in [2.05, 4.69) is 35.5 Å². The second kappa shape index (κ2) is 6.83. The molecule has 0 aliphatic rings. The number of nitrogens with zero attached hydrogens (tertiary/aromatic N) is 3. The lowest BCUT2D eigenvalue weighted by Gasteiger charge is -2.14. The van der Waals surface area contributed by atoms with Crippen LogP contribution < -0.4 is 5.32 Å². The van der Waals surface area contributed by atoms with Crippen molar-refractivity contribution in [2.75, 3.05) is 0 Å². The van der Waals surface area contributed by atoms with Crippen LogP contribution >= 0.6 is 0 Å². The van der Waals surface area contributed by atoms with Gasteiger partial charge in [0.2, 0.25) is 5.91 Å². The summed E-state index contributed by atoms with van der Waals surface area (Å²) in [5.41, 5.74) is 5.33. The maximum Gasteiger partial charge on any atom is 0.224 e. The lowest BCUT2D eigenvalue weighted by molar-refractivity contribution is -0.121. The largest absolute Gasteiger partial charge is 0.351 e. The molecule has 0 fully saturated rings. The van der Waals surface area contributed by atoms with Gasteiger partial charge in [-0.3, -0.25) is 4.79 Å². The average molecular weight is 322 g/mol. The van der Waals surface area contributed by atoms with Gasteiger partial charge in [-0.25, -0.2) is 4.68 Å². The van der Waals surface area contributed by atoms with E-state index in [0.717, 1.165) is 16.6 Å². The van der Waals surface area contributed by atoms with E-state index >= 15 is 0 Å². The average Bonchev–Trinajstić information content (AvgIpc) is 2.90. The van der Waals surface area contributed by atoms with Gasteiger partial charge in [-0.15, -0.1) is 5.10 Å². The summed E-state index contributed by atoms with van der Waals surface area (Å²) >= 11 is 0. The zero-order valence-corrected chi connectivity index (χ0v) is 14.3. The molecular formula is C19H22N4O. The fourth-order valence-electron chi connectivity index (χ4n) is 2.77. The number of rotatable bonds is 5. The molecule has 0 bridgehead atoms. The van der Waals surface area contributed by atoms with Crippen molar-refractivity contribution in [1.29, 1.82) is 0 Å². The molecule has 5 nitrogen and oxygen atoms in total. The highest BCUT2D eigenvalue weighted by Crippen LogP contribution is 2.17. The van der Waals surface area contributed by atoms with Crippen molar-refractivity contribution in [3.8, 4) is 0 Å². The number of carbonyl (C=O) groups is 1. The fraction of sp³-hybridized carbons (Fsp3) is 0.316. The molecule has 1 heterocycles. The Morgan fingerprint density at radius 3 is 2.62 bits per heavy atom. The molecule has 0 saturated heterocycles. The van der Waals surface area contributed by atoms with Crippen LogP contribution in [-0.2, 0) is 17.8 Å². The first kappa shape index (κ1) is 16.2. The summed E-state index contributed by atoms with van der Waals surface area (Å²) < 4.78 is 1.86. The summed E-state index contributed by atoms with van der Waals surface area (Å²) in [6, 6.07) is 13.9.